The van der Waals surface area contributed by atoms with Gasteiger partial charge in [0, 0.05) is 24.8 Å². The Morgan fingerprint density at radius 3 is 2.43 bits per heavy atom. The zero-order chi connectivity index (χ0) is 19.2. The molecule has 1 aliphatic heterocycles. The Labute approximate surface area is 163 Å². The molecule has 0 spiro atoms. The van der Waals surface area contributed by atoms with Crippen molar-refractivity contribution in [3.05, 3.63) is 72.7 Å². The number of hydrogen-bond donors (Lipinski definition) is 1. The predicted molar refractivity (Wildman–Crippen MR) is 105 cm³/mol. The summed E-state index contributed by atoms with van der Waals surface area (Å²) in [6.45, 7) is 2.27. The van der Waals surface area contributed by atoms with E-state index in [4.69, 9.17) is 9.47 Å². The van der Waals surface area contributed by atoms with Crippen LogP contribution < -0.4 is 10.1 Å². The van der Waals surface area contributed by atoms with E-state index in [1.54, 1.807) is 11.0 Å². The molecule has 1 N–H and O–H groups in total. The Kier molecular flexibility index (Phi) is 5.44. The molecule has 142 valence electrons. The van der Waals surface area contributed by atoms with Crippen LogP contribution in [0.3, 0.4) is 0 Å². The molecule has 2 aromatic carbocycles. The lowest BCUT2D eigenvalue weighted by atomic mass is 10.2. The molecule has 1 fully saturated rings. The Morgan fingerprint density at radius 1 is 0.964 bits per heavy atom. The van der Waals surface area contributed by atoms with Gasteiger partial charge in [-0.15, -0.1) is 0 Å². The Balaban J connectivity index is 1.42. The number of benzene rings is 2. The standard InChI is InChI=1S/C21H20N4O3/c26-21(25-10-12-27-13-11-25)19-14-20(23-15-22-19)24-16-6-8-18(9-7-16)28-17-4-2-1-3-5-17/h1-9,14-15H,10-13H2,(H,22,23,24). The van der Waals surface area contributed by atoms with Gasteiger partial charge in [-0.3, -0.25) is 4.79 Å². The van der Waals surface area contributed by atoms with Gasteiger partial charge in [0.2, 0.25) is 0 Å². The van der Waals surface area contributed by atoms with E-state index in [0.29, 0.717) is 37.8 Å². The monoisotopic (exact) mass is 376 g/mol. The molecular weight excluding hydrogens is 356 g/mol. The molecule has 7 heteroatoms. The first kappa shape index (κ1) is 17.9. The van der Waals surface area contributed by atoms with E-state index in [0.717, 1.165) is 17.2 Å². The lowest BCUT2D eigenvalue weighted by Crippen LogP contribution is -2.41. The number of amides is 1. The number of nitrogens with one attached hydrogen (secondary N) is 1. The van der Waals surface area contributed by atoms with Crippen molar-refractivity contribution < 1.29 is 14.3 Å². The summed E-state index contributed by atoms with van der Waals surface area (Å²) >= 11 is 0. The molecule has 28 heavy (non-hydrogen) atoms. The van der Waals surface area contributed by atoms with Crippen LogP contribution in [0.1, 0.15) is 10.5 Å². The van der Waals surface area contributed by atoms with Crippen molar-refractivity contribution in [3.8, 4) is 11.5 Å². The average molecular weight is 376 g/mol. The van der Waals surface area contributed by atoms with Crippen LogP contribution in [0.4, 0.5) is 11.5 Å². The molecule has 0 atom stereocenters. The fraction of sp³-hybridized carbons (Fsp3) is 0.190. The van der Waals surface area contributed by atoms with Crippen molar-refractivity contribution in [1.29, 1.82) is 0 Å². The van der Waals surface area contributed by atoms with Crippen LogP contribution >= 0.6 is 0 Å². The van der Waals surface area contributed by atoms with Crippen molar-refractivity contribution in [1.82, 2.24) is 14.9 Å². The van der Waals surface area contributed by atoms with Gasteiger partial charge < -0.3 is 19.7 Å². The number of carbonyl (C=O) groups is 1. The fourth-order valence-corrected chi connectivity index (χ4v) is 2.85. The van der Waals surface area contributed by atoms with Crippen molar-refractivity contribution in [2.24, 2.45) is 0 Å². The number of aromatic nitrogens is 2. The number of rotatable bonds is 5. The topological polar surface area (TPSA) is 76.6 Å². The number of morpholine rings is 1. The highest BCUT2D eigenvalue weighted by Crippen LogP contribution is 2.24. The summed E-state index contributed by atoms with van der Waals surface area (Å²) in [4.78, 5) is 22.6. The van der Waals surface area contributed by atoms with Crippen LogP contribution in [0.2, 0.25) is 0 Å². The lowest BCUT2D eigenvalue weighted by Gasteiger charge is -2.26. The minimum absolute atomic E-state index is 0.111. The number of anilines is 2. The Bertz CT molecular complexity index is 926. The van der Waals surface area contributed by atoms with Gasteiger partial charge in [-0.05, 0) is 36.4 Å². The van der Waals surface area contributed by atoms with E-state index < -0.39 is 0 Å². The van der Waals surface area contributed by atoms with Crippen LogP contribution in [0.25, 0.3) is 0 Å². The van der Waals surface area contributed by atoms with Gasteiger partial charge in [0.1, 0.15) is 29.3 Å². The molecule has 1 aromatic heterocycles. The SMILES string of the molecule is O=C(c1cc(Nc2ccc(Oc3ccccc3)cc2)ncn1)N1CCOCC1. The van der Waals surface area contributed by atoms with E-state index in [1.165, 1.54) is 6.33 Å². The second-order valence-corrected chi connectivity index (χ2v) is 6.26. The van der Waals surface area contributed by atoms with Crippen molar-refractivity contribution in [2.45, 2.75) is 0 Å². The maximum atomic E-state index is 12.6. The molecule has 2 heterocycles. The lowest BCUT2D eigenvalue weighted by molar-refractivity contribution is 0.0299. The number of hydrogen-bond acceptors (Lipinski definition) is 6. The summed E-state index contributed by atoms with van der Waals surface area (Å²) in [6.07, 6.45) is 1.39. The highest BCUT2D eigenvalue weighted by atomic mass is 16.5. The van der Waals surface area contributed by atoms with Crippen LogP contribution in [0.5, 0.6) is 11.5 Å². The summed E-state index contributed by atoms with van der Waals surface area (Å²) in [5.41, 5.74) is 1.20. The van der Waals surface area contributed by atoms with Gasteiger partial charge in [0.05, 0.1) is 13.2 Å². The smallest absolute Gasteiger partial charge is 0.272 e. The molecule has 1 saturated heterocycles. The number of nitrogens with zero attached hydrogens (tertiary/aromatic N) is 3. The zero-order valence-corrected chi connectivity index (χ0v) is 15.2. The van der Waals surface area contributed by atoms with Crippen molar-refractivity contribution in [3.63, 3.8) is 0 Å². The summed E-state index contributed by atoms with van der Waals surface area (Å²) in [6, 6.07) is 18.8. The first-order valence-corrected chi connectivity index (χ1v) is 9.07. The zero-order valence-electron chi connectivity index (χ0n) is 15.2. The molecule has 7 nitrogen and oxygen atoms in total. The van der Waals surface area contributed by atoms with E-state index in [9.17, 15) is 4.79 Å². The third-order valence-corrected chi connectivity index (χ3v) is 4.29. The van der Waals surface area contributed by atoms with Crippen molar-refractivity contribution >= 4 is 17.4 Å². The number of para-hydroxylation sites is 1. The maximum absolute atomic E-state index is 12.6. The molecule has 1 aliphatic rings. The van der Waals surface area contributed by atoms with Gasteiger partial charge in [-0.2, -0.15) is 0 Å². The highest BCUT2D eigenvalue weighted by Gasteiger charge is 2.20. The van der Waals surface area contributed by atoms with E-state index >= 15 is 0 Å². The normalized spacial score (nSPS) is 13.8. The molecule has 4 rings (SSSR count). The minimum atomic E-state index is -0.111. The van der Waals surface area contributed by atoms with Crippen LogP contribution in [-0.4, -0.2) is 47.1 Å². The van der Waals surface area contributed by atoms with Gasteiger partial charge in [-0.1, -0.05) is 18.2 Å². The molecular formula is C21H20N4O3. The van der Waals surface area contributed by atoms with Crippen LogP contribution in [0, 0.1) is 0 Å². The Morgan fingerprint density at radius 2 is 1.68 bits per heavy atom. The summed E-state index contributed by atoms with van der Waals surface area (Å²) in [5.74, 6) is 1.97. The number of carbonyl (C=O) groups excluding carboxylic acids is 1. The maximum Gasteiger partial charge on any atom is 0.272 e. The largest absolute Gasteiger partial charge is 0.457 e. The third kappa shape index (κ3) is 4.44. The van der Waals surface area contributed by atoms with Gasteiger partial charge >= 0.3 is 0 Å². The summed E-state index contributed by atoms with van der Waals surface area (Å²) < 4.78 is 11.1. The van der Waals surface area contributed by atoms with E-state index in [2.05, 4.69) is 15.3 Å². The molecule has 1 amide bonds. The van der Waals surface area contributed by atoms with Gasteiger partial charge in [-0.25, -0.2) is 9.97 Å². The third-order valence-electron chi connectivity index (χ3n) is 4.29. The van der Waals surface area contributed by atoms with Crippen LogP contribution in [0.15, 0.2) is 67.0 Å². The first-order valence-electron chi connectivity index (χ1n) is 9.07. The minimum Gasteiger partial charge on any atom is -0.457 e. The van der Waals surface area contributed by atoms with E-state index in [1.807, 2.05) is 54.6 Å². The van der Waals surface area contributed by atoms with Crippen molar-refractivity contribution in [2.75, 3.05) is 31.6 Å². The second-order valence-electron chi connectivity index (χ2n) is 6.26. The molecule has 0 radical (unpaired) electrons. The molecule has 0 bridgehead atoms. The molecule has 0 unspecified atom stereocenters. The second kappa shape index (κ2) is 8.49. The summed E-state index contributed by atoms with van der Waals surface area (Å²) in [5, 5.41) is 3.19. The predicted octanol–water partition coefficient (Wildman–Crippen LogP) is 3.48. The molecule has 3 aromatic rings. The van der Waals surface area contributed by atoms with Gasteiger partial charge in [0.15, 0.2) is 0 Å². The van der Waals surface area contributed by atoms with Gasteiger partial charge in [0.25, 0.3) is 5.91 Å². The quantitative estimate of drug-likeness (QED) is 0.735. The van der Waals surface area contributed by atoms with Crippen LogP contribution in [-0.2, 0) is 4.74 Å². The fourth-order valence-electron chi connectivity index (χ4n) is 2.85. The Hall–Kier alpha value is -3.45. The number of ether oxygens (including phenoxy) is 2. The summed E-state index contributed by atoms with van der Waals surface area (Å²) in [7, 11) is 0. The average Bonchev–Trinajstić information content (AvgIpc) is 2.76. The molecule has 0 saturated carbocycles. The van der Waals surface area contributed by atoms with E-state index in [-0.39, 0.29) is 5.91 Å². The molecule has 0 aliphatic carbocycles. The highest BCUT2D eigenvalue weighted by molar-refractivity contribution is 5.93. The first-order chi connectivity index (χ1) is 13.8.